The molecule has 2 heterocycles. The number of fused-ring (bicyclic) bond motifs is 1. The summed E-state index contributed by atoms with van der Waals surface area (Å²) in [4.78, 5) is 0. The van der Waals surface area contributed by atoms with Crippen molar-refractivity contribution in [2.24, 2.45) is 0 Å². The topological polar surface area (TPSA) is 59.2 Å². The van der Waals surface area contributed by atoms with Crippen molar-refractivity contribution in [2.45, 2.75) is 39.0 Å². The fourth-order valence-electron chi connectivity index (χ4n) is 2.69. The molecule has 0 amide bonds. The minimum Gasteiger partial charge on any atom is -0.496 e. The normalized spacial score (nSPS) is 18.1. The molecule has 1 aromatic carbocycles. The smallest absolute Gasteiger partial charge is 0.123 e. The highest BCUT2D eigenvalue weighted by Crippen LogP contribution is 2.35. The van der Waals surface area contributed by atoms with Crippen molar-refractivity contribution in [3.8, 4) is 11.5 Å². The van der Waals surface area contributed by atoms with Crippen LogP contribution in [0.25, 0.3) is 0 Å². The van der Waals surface area contributed by atoms with E-state index >= 15 is 0 Å². The van der Waals surface area contributed by atoms with Gasteiger partial charge in [0.05, 0.1) is 13.3 Å². The summed E-state index contributed by atoms with van der Waals surface area (Å²) in [7, 11) is 1.71. The lowest BCUT2D eigenvalue weighted by atomic mass is 10.1. The van der Waals surface area contributed by atoms with Gasteiger partial charge in [0.2, 0.25) is 0 Å². The van der Waals surface area contributed by atoms with Crippen LogP contribution in [0.2, 0.25) is 0 Å². The SMILES string of the molecule is COc1cc2c(cc1CNC(C)c1cn[nH]c1)OC(C)C2. The number of benzene rings is 1. The highest BCUT2D eigenvalue weighted by Gasteiger charge is 2.21. The molecule has 0 bridgehead atoms. The van der Waals surface area contributed by atoms with E-state index in [-0.39, 0.29) is 12.1 Å². The molecule has 0 spiro atoms. The summed E-state index contributed by atoms with van der Waals surface area (Å²) in [6.45, 7) is 4.93. The lowest BCUT2D eigenvalue weighted by Gasteiger charge is -2.15. The maximum absolute atomic E-state index is 5.83. The number of aromatic nitrogens is 2. The molecular weight excluding hydrogens is 266 g/mol. The van der Waals surface area contributed by atoms with Gasteiger partial charge in [-0.1, -0.05) is 0 Å². The van der Waals surface area contributed by atoms with E-state index in [0.717, 1.165) is 35.6 Å². The quantitative estimate of drug-likeness (QED) is 0.887. The summed E-state index contributed by atoms with van der Waals surface area (Å²) in [5.41, 5.74) is 3.48. The van der Waals surface area contributed by atoms with Gasteiger partial charge in [-0.05, 0) is 26.0 Å². The average molecular weight is 287 g/mol. The van der Waals surface area contributed by atoms with E-state index in [9.17, 15) is 0 Å². The van der Waals surface area contributed by atoms with Crippen LogP contribution in [0.4, 0.5) is 0 Å². The third-order valence-electron chi connectivity index (χ3n) is 3.92. The van der Waals surface area contributed by atoms with E-state index in [1.165, 1.54) is 5.56 Å². The third-order valence-corrected chi connectivity index (χ3v) is 3.92. The fourth-order valence-corrected chi connectivity index (χ4v) is 2.69. The molecule has 2 aromatic rings. The largest absolute Gasteiger partial charge is 0.496 e. The molecule has 0 fully saturated rings. The van der Waals surface area contributed by atoms with Crippen LogP contribution in [0.1, 0.15) is 36.6 Å². The van der Waals surface area contributed by atoms with Crippen molar-refractivity contribution in [3.63, 3.8) is 0 Å². The summed E-state index contributed by atoms with van der Waals surface area (Å²) >= 11 is 0. The van der Waals surface area contributed by atoms with E-state index in [4.69, 9.17) is 9.47 Å². The monoisotopic (exact) mass is 287 g/mol. The van der Waals surface area contributed by atoms with E-state index in [2.05, 4.69) is 41.5 Å². The molecule has 1 aliphatic rings. The van der Waals surface area contributed by atoms with Crippen molar-refractivity contribution in [1.82, 2.24) is 15.5 Å². The second kappa shape index (κ2) is 5.77. The number of nitrogens with one attached hydrogen (secondary N) is 2. The molecule has 2 unspecified atom stereocenters. The van der Waals surface area contributed by atoms with Gasteiger partial charge in [0, 0.05) is 41.9 Å². The van der Waals surface area contributed by atoms with E-state index in [1.54, 1.807) is 7.11 Å². The van der Waals surface area contributed by atoms with Gasteiger partial charge in [0.25, 0.3) is 0 Å². The van der Waals surface area contributed by atoms with Gasteiger partial charge < -0.3 is 14.8 Å². The Morgan fingerprint density at radius 2 is 2.38 bits per heavy atom. The highest BCUT2D eigenvalue weighted by molar-refractivity contribution is 5.48. The van der Waals surface area contributed by atoms with Gasteiger partial charge in [0.15, 0.2) is 0 Å². The molecule has 5 nitrogen and oxygen atoms in total. The average Bonchev–Trinajstić information content (AvgIpc) is 3.11. The molecule has 0 saturated carbocycles. The van der Waals surface area contributed by atoms with Gasteiger partial charge in [-0.15, -0.1) is 0 Å². The molecule has 2 N–H and O–H groups in total. The van der Waals surface area contributed by atoms with Crippen LogP contribution in [0.3, 0.4) is 0 Å². The molecule has 5 heteroatoms. The van der Waals surface area contributed by atoms with Crippen LogP contribution >= 0.6 is 0 Å². The van der Waals surface area contributed by atoms with Crippen molar-refractivity contribution in [3.05, 3.63) is 41.2 Å². The number of rotatable bonds is 5. The lowest BCUT2D eigenvalue weighted by molar-refractivity contribution is 0.254. The zero-order chi connectivity index (χ0) is 14.8. The zero-order valence-corrected chi connectivity index (χ0v) is 12.6. The van der Waals surface area contributed by atoms with Crippen molar-refractivity contribution in [1.29, 1.82) is 0 Å². The number of hydrogen-bond donors (Lipinski definition) is 2. The fraction of sp³-hybridized carbons (Fsp3) is 0.438. The Morgan fingerprint density at radius 3 is 3.10 bits per heavy atom. The predicted octanol–water partition coefficient (Wildman–Crippen LogP) is 2.59. The Balaban J connectivity index is 1.74. The Hall–Kier alpha value is -2.01. The Morgan fingerprint density at radius 1 is 1.52 bits per heavy atom. The van der Waals surface area contributed by atoms with Crippen LogP contribution in [-0.2, 0) is 13.0 Å². The molecule has 2 atom stereocenters. The van der Waals surface area contributed by atoms with Crippen LogP contribution in [-0.4, -0.2) is 23.4 Å². The zero-order valence-electron chi connectivity index (χ0n) is 12.6. The molecule has 0 saturated heterocycles. The number of aromatic amines is 1. The van der Waals surface area contributed by atoms with Gasteiger partial charge in [0.1, 0.15) is 17.6 Å². The van der Waals surface area contributed by atoms with Crippen molar-refractivity contribution >= 4 is 0 Å². The van der Waals surface area contributed by atoms with Crippen LogP contribution in [0, 0.1) is 0 Å². The second-order valence-corrected chi connectivity index (χ2v) is 5.54. The Labute approximate surface area is 124 Å². The van der Waals surface area contributed by atoms with E-state index in [0.29, 0.717) is 0 Å². The lowest BCUT2D eigenvalue weighted by Crippen LogP contribution is -2.18. The second-order valence-electron chi connectivity index (χ2n) is 5.54. The third kappa shape index (κ3) is 2.88. The Kier molecular flexibility index (Phi) is 3.84. The molecule has 3 rings (SSSR count). The number of ether oxygens (including phenoxy) is 2. The summed E-state index contributed by atoms with van der Waals surface area (Å²) in [6.07, 6.45) is 4.94. The van der Waals surface area contributed by atoms with Gasteiger partial charge >= 0.3 is 0 Å². The molecule has 112 valence electrons. The number of H-pyrrole nitrogens is 1. The highest BCUT2D eigenvalue weighted by atomic mass is 16.5. The van der Waals surface area contributed by atoms with Crippen LogP contribution in [0.5, 0.6) is 11.5 Å². The van der Waals surface area contributed by atoms with Crippen molar-refractivity contribution < 1.29 is 9.47 Å². The van der Waals surface area contributed by atoms with Gasteiger partial charge in [-0.3, -0.25) is 5.10 Å². The molecule has 0 aliphatic carbocycles. The molecule has 21 heavy (non-hydrogen) atoms. The maximum atomic E-state index is 5.83. The first kappa shape index (κ1) is 13.9. The summed E-state index contributed by atoms with van der Waals surface area (Å²) < 4.78 is 11.3. The van der Waals surface area contributed by atoms with Gasteiger partial charge in [-0.2, -0.15) is 5.10 Å². The minimum absolute atomic E-state index is 0.224. The number of methoxy groups -OCH3 is 1. The van der Waals surface area contributed by atoms with E-state index in [1.807, 2.05) is 12.4 Å². The first-order valence-corrected chi connectivity index (χ1v) is 7.26. The molecular formula is C16H21N3O2. The van der Waals surface area contributed by atoms with E-state index < -0.39 is 0 Å². The summed E-state index contributed by atoms with van der Waals surface area (Å²) in [6, 6.07) is 4.41. The Bertz CT molecular complexity index is 610. The van der Waals surface area contributed by atoms with Crippen molar-refractivity contribution in [2.75, 3.05) is 7.11 Å². The predicted molar refractivity (Wildman–Crippen MR) is 80.6 cm³/mol. The number of nitrogens with zero attached hydrogens (tertiary/aromatic N) is 1. The summed E-state index contributed by atoms with van der Waals surface area (Å²) in [5.74, 6) is 1.90. The number of hydrogen-bond acceptors (Lipinski definition) is 4. The first-order valence-electron chi connectivity index (χ1n) is 7.26. The van der Waals surface area contributed by atoms with Crippen LogP contribution in [0.15, 0.2) is 24.5 Å². The molecule has 1 aliphatic heterocycles. The standard InChI is InChI=1S/C16H21N3O2/c1-10-4-12-5-15(20-3)13(6-16(12)21-10)7-17-11(2)14-8-18-19-9-14/h5-6,8-11,17H,4,7H2,1-3H3,(H,18,19). The van der Waals surface area contributed by atoms with Gasteiger partial charge in [-0.25, -0.2) is 0 Å². The first-order chi connectivity index (χ1) is 10.2. The maximum Gasteiger partial charge on any atom is 0.123 e. The minimum atomic E-state index is 0.224. The molecule has 1 aromatic heterocycles. The van der Waals surface area contributed by atoms with Crippen LogP contribution < -0.4 is 14.8 Å². The summed E-state index contributed by atoms with van der Waals surface area (Å²) in [5, 5.41) is 10.3. The molecule has 0 radical (unpaired) electrons.